The summed E-state index contributed by atoms with van der Waals surface area (Å²) in [7, 11) is 0. The Kier molecular flexibility index (Phi) is 4.06. The van der Waals surface area contributed by atoms with Gasteiger partial charge in [0.1, 0.15) is 4.64 Å². The van der Waals surface area contributed by atoms with Gasteiger partial charge in [-0.2, -0.15) is 5.10 Å². The third kappa shape index (κ3) is 2.94. The zero-order valence-corrected chi connectivity index (χ0v) is 12.4. The summed E-state index contributed by atoms with van der Waals surface area (Å²) in [5.41, 5.74) is 1.31. The van der Waals surface area contributed by atoms with Crippen LogP contribution in [-0.4, -0.2) is 25.7 Å². The highest BCUT2D eigenvalue weighted by molar-refractivity contribution is 7.71. The standard InChI is InChI=1S/C15H13N5OS/c21-14(12-5-2-7-17-15(12)22)18-10-11-4-1-6-16-13(11)20-9-3-8-19-20/h1-9H,10H2,(H,17,22)(H,18,21). The number of hydrogen-bond acceptors (Lipinski definition) is 4. The average molecular weight is 311 g/mol. The van der Waals surface area contributed by atoms with E-state index in [2.05, 4.69) is 20.4 Å². The van der Waals surface area contributed by atoms with Crippen LogP contribution < -0.4 is 5.32 Å². The van der Waals surface area contributed by atoms with Gasteiger partial charge in [-0.1, -0.05) is 18.3 Å². The smallest absolute Gasteiger partial charge is 0.254 e. The molecule has 3 aromatic rings. The maximum Gasteiger partial charge on any atom is 0.254 e. The van der Waals surface area contributed by atoms with Crippen molar-refractivity contribution < 1.29 is 4.79 Å². The maximum absolute atomic E-state index is 12.2. The predicted octanol–water partition coefficient (Wildman–Crippen LogP) is 2.25. The molecule has 0 radical (unpaired) electrons. The van der Waals surface area contributed by atoms with Gasteiger partial charge in [-0.15, -0.1) is 0 Å². The highest BCUT2D eigenvalue weighted by Gasteiger charge is 2.10. The van der Waals surface area contributed by atoms with E-state index < -0.39 is 0 Å². The van der Waals surface area contributed by atoms with Crippen molar-refractivity contribution >= 4 is 18.1 Å². The van der Waals surface area contributed by atoms with E-state index in [1.165, 1.54) is 0 Å². The highest BCUT2D eigenvalue weighted by Crippen LogP contribution is 2.10. The number of carbonyl (C=O) groups is 1. The van der Waals surface area contributed by atoms with Crippen molar-refractivity contribution in [3.63, 3.8) is 0 Å². The molecule has 0 fully saturated rings. The van der Waals surface area contributed by atoms with E-state index in [1.807, 2.05) is 18.2 Å². The predicted molar refractivity (Wildman–Crippen MR) is 84.2 cm³/mol. The summed E-state index contributed by atoms with van der Waals surface area (Å²) in [4.78, 5) is 19.3. The monoisotopic (exact) mass is 311 g/mol. The molecule has 22 heavy (non-hydrogen) atoms. The summed E-state index contributed by atoms with van der Waals surface area (Å²) in [5, 5.41) is 7.02. The van der Waals surface area contributed by atoms with Crippen molar-refractivity contribution in [2.24, 2.45) is 0 Å². The van der Waals surface area contributed by atoms with Crippen LogP contribution >= 0.6 is 12.2 Å². The third-order valence-electron chi connectivity index (χ3n) is 3.09. The normalized spacial score (nSPS) is 10.4. The molecule has 3 heterocycles. The molecule has 3 rings (SSSR count). The molecule has 0 aliphatic heterocycles. The van der Waals surface area contributed by atoms with Crippen LogP contribution in [0.15, 0.2) is 55.1 Å². The Morgan fingerprint density at radius 2 is 2.18 bits per heavy atom. The van der Waals surface area contributed by atoms with Gasteiger partial charge in [-0.05, 0) is 24.3 Å². The number of carbonyl (C=O) groups excluding carboxylic acids is 1. The lowest BCUT2D eigenvalue weighted by molar-refractivity contribution is 0.0950. The summed E-state index contributed by atoms with van der Waals surface area (Å²) < 4.78 is 2.08. The minimum Gasteiger partial charge on any atom is -0.352 e. The van der Waals surface area contributed by atoms with E-state index in [4.69, 9.17) is 12.2 Å². The fourth-order valence-corrected chi connectivity index (χ4v) is 2.27. The number of nitrogens with zero attached hydrogens (tertiary/aromatic N) is 3. The van der Waals surface area contributed by atoms with Gasteiger partial charge in [0.2, 0.25) is 0 Å². The van der Waals surface area contributed by atoms with Crippen molar-refractivity contribution in [3.8, 4) is 5.82 Å². The SMILES string of the molecule is O=C(NCc1cccnc1-n1cccn1)c1ccc[nH]c1=S. The van der Waals surface area contributed by atoms with Gasteiger partial charge >= 0.3 is 0 Å². The molecule has 2 N–H and O–H groups in total. The molecule has 0 atom stereocenters. The van der Waals surface area contributed by atoms with E-state index in [1.54, 1.807) is 41.6 Å². The Bertz CT molecular complexity index is 841. The summed E-state index contributed by atoms with van der Waals surface area (Å²) in [6.45, 7) is 0.339. The van der Waals surface area contributed by atoms with E-state index in [0.29, 0.717) is 22.6 Å². The molecule has 3 aromatic heterocycles. The lowest BCUT2D eigenvalue weighted by atomic mass is 10.2. The van der Waals surface area contributed by atoms with Gasteiger partial charge in [-0.3, -0.25) is 4.79 Å². The zero-order chi connectivity index (χ0) is 15.4. The Hall–Kier alpha value is -2.80. The molecule has 1 amide bonds. The first-order valence-corrected chi connectivity index (χ1v) is 7.06. The van der Waals surface area contributed by atoms with Crippen LogP contribution in [0.2, 0.25) is 0 Å². The molecule has 0 saturated heterocycles. The van der Waals surface area contributed by atoms with E-state index in [9.17, 15) is 4.79 Å². The number of amides is 1. The van der Waals surface area contributed by atoms with Gasteiger partial charge in [0.25, 0.3) is 5.91 Å². The van der Waals surface area contributed by atoms with Crippen LogP contribution in [0.4, 0.5) is 0 Å². The molecule has 0 aliphatic rings. The minimum atomic E-state index is -0.225. The number of aromatic nitrogens is 4. The lowest BCUT2D eigenvalue weighted by Crippen LogP contribution is -2.24. The second-order valence-corrected chi connectivity index (χ2v) is 4.94. The van der Waals surface area contributed by atoms with Crippen molar-refractivity contribution in [3.05, 3.63) is 70.9 Å². The van der Waals surface area contributed by atoms with E-state index in [-0.39, 0.29) is 5.91 Å². The number of rotatable bonds is 4. The number of hydrogen-bond donors (Lipinski definition) is 2. The van der Waals surface area contributed by atoms with Gasteiger partial charge in [0.05, 0.1) is 5.56 Å². The molecule has 0 aromatic carbocycles. The molecule has 0 aliphatic carbocycles. The molecule has 7 heteroatoms. The first-order chi connectivity index (χ1) is 10.8. The Labute approximate surface area is 131 Å². The van der Waals surface area contributed by atoms with Gasteiger partial charge in [0, 0.05) is 36.9 Å². The minimum absolute atomic E-state index is 0.225. The van der Waals surface area contributed by atoms with Crippen molar-refractivity contribution in [1.29, 1.82) is 0 Å². The molecule has 110 valence electrons. The van der Waals surface area contributed by atoms with Crippen LogP contribution in [0.25, 0.3) is 5.82 Å². The largest absolute Gasteiger partial charge is 0.352 e. The van der Waals surface area contributed by atoms with Crippen molar-refractivity contribution in [1.82, 2.24) is 25.1 Å². The fraction of sp³-hybridized carbons (Fsp3) is 0.0667. The summed E-state index contributed by atoms with van der Waals surface area (Å²) >= 11 is 5.11. The number of H-pyrrole nitrogens is 1. The molecule has 0 saturated carbocycles. The van der Waals surface area contributed by atoms with Crippen LogP contribution in [0.3, 0.4) is 0 Å². The van der Waals surface area contributed by atoms with Crippen LogP contribution in [-0.2, 0) is 6.54 Å². The summed E-state index contributed by atoms with van der Waals surface area (Å²) in [6, 6.07) is 8.97. The van der Waals surface area contributed by atoms with Gasteiger partial charge in [-0.25, -0.2) is 9.67 Å². The third-order valence-corrected chi connectivity index (χ3v) is 3.43. The topological polar surface area (TPSA) is 75.6 Å². The van der Waals surface area contributed by atoms with Crippen LogP contribution in [0.1, 0.15) is 15.9 Å². The number of nitrogens with one attached hydrogen (secondary N) is 2. The van der Waals surface area contributed by atoms with E-state index in [0.717, 1.165) is 5.56 Å². The zero-order valence-electron chi connectivity index (χ0n) is 11.6. The maximum atomic E-state index is 12.2. The van der Waals surface area contributed by atoms with Crippen LogP contribution in [0.5, 0.6) is 0 Å². The molecular formula is C15H13N5OS. The first-order valence-electron chi connectivity index (χ1n) is 6.65. The van der Waals surface area contributed by atoms with Crippen molar-refractivity contribution in [2.75, 3.05) is 0 Å². The number of pyridine rings is 2. The molecule has 6 nitrogen and oxygen atoms in total. The van der Waals surface area contributed by atoms with E-state index >= 15 is 0 Å². The van der Waals surface area contributed by atoms with Crippen molar-refractivity contribution in [2.45, 2.75) is 6.54 Å². The first kappa shape index (κ1) is 14.2. The van der Waals surface area contributed by atoms with Crippen LogP contribution in [0, 0.1) is 4.64 Å². The molecule has 0 unspecified atom stereocenters. The summed E-state index contributed by atoms with van der Waals surface area (Å²) in [6.07, 6.45) is 6.87. The molecule has 0 bridgehead atoms. The molecular weight excluding hydrogens is 298 g/mol. The lowest BCUT2D eigenvalue weighted by Gasteiger charge is -2.09. The Balaban J connectivity index is 1.79. The Morgan fingerprint density at radius 1 is 1.27 bits per heavy atom. The molecule has 0 spiro atoms. The number of aromatic amines is 1. The second-order valence-electron chi connectivity index (χ2n) is 4.53. The quantitative estimate of drug-likeness (QED) is 0.725. The fourth-order valence-electron chi connectivity index (χ4n) is 2.04. The summed E-state index contributed by atoms with van der Waals surface area (Å²) in [5.74, 6) is 0.461. The highest BCUT2D eigenvalue weighted by atomic mass is 32.1. The van der Waals surface area contributed by atoms with Gasteiger partial charge < -0.3 is 10.3 Å². The average Bonchev–Trinajstić information content (AvgIpc) is 3.07. The Morgan fingerprint density at radius 3 is 2.95 bits per heavy atom. The van der Waals surface area contributed by atoms with Gasteiger partial charge in [0.15, 0.2) is 5.82 Å². The second kappa shape index (κ2) is 6.31.